The summed E-state index contributed by atoms with van der Waals surface area (Å²) in [5, 5.41) is 4.07. The molecule has 5 atom stereocenters. The lowest BCUT2D eigenvalue weighted by molar-refractivity contribution is -0.130. The second-order valence-corrected chi connectivity index (χ2v) is 12.2. The minimum Gasteiger partial charge on any atom is -0.410 e. The van der Waals surface area contributed by atoms with Crippen LogP contribution in [0.25, 0.3) is 10.4 Å². The smallest absolute Gasteiger partial charge is 0.192 e. The molecule has 2 aliphatic heterocycles. The van der Waals surface area contributed by atoms with Crippen LogP contribution < -0.4 is 0 Å². The summed E-state index contributed by atoms with van der Waals surface area (Å²) in [7, 11) is 3.92. The number of hydrogen-bond acceptors (Lipinski definition) is 4. The molecule has 0 aromatic heterocycles. The lowest BCUT2D eigenvalue weighted by Crippen LogP contribution is -2.49. The van der Waals surface area contributed by atoms with Gasteiger partial charge in [-0.2, -0.15) is 0 Å². The summed E-state index contributed by atoms with van der Waals surface area (Å²) in [6, 6.07) is -0.534. The average Bonchev–Trinajstić information content (AvgIpc) is 2.61. The van der Waals surface area contributed by atoms with Crippen LogP contribution in [0.1, 0.15) is 20.8 Å². The van der Waals surface area contributed by atoms with Gasteiger partial charge in [0.2, 0.25) is 0 Å². The minimum atomic E-state index is -1.97. The van der Waals surface area contributed by atoms with Crippen molar-refractivity contribution in [3.8, 4) is 0 Å². The molecule has 0 aromatic rings. The lowest BCUT2D eigenvalue weighted by Gasteiger charge is -2.39. The molecule has 20 heavy (non-hydrogen) atoms. The molecule has 0 aromatic carbocycles. The first kappa shape index (κ1) is 14.4. The van der Waals surface area contributed by atoms with Gasteiger partial charge in [-0.3, -0.25) is 0 Å². The van der Waals surface area contributed by atoms with Gasteiger partial charge in [0.25, 0.3) is 0 Å². The maximum absolute atomic E-state index is 8.90. The summed E-state index contributed by atoms with van der Waals surface area (Å²) in [6.45, 7) is 11.3. The van der Waals surface area contributed by atoms with E-state index in [4.69, 9.17) is 27.3 Å². The highest BCUT2D eigenvalue weighted by Gasteiger charge is 2.91. The molecule has 2 radical (unpaired) electrons. The van der Waals surface area contributed by atoms with Crippen molar-refractivity contribution >= 4 is 16.2 Å². The predicted molar refractivity (Wildman–Crippen MR) is 77.0 cm³/mol. The summed E-state index contributed by atoms with van der Waals surface area (Å²) in [5.41, 5.74) is 7.47. The SMILES string of the molecule is [B][C@@H]1O[C@@]23CO[C@@H]1C2(N=[N+]=[N-])C3O[Si](C)(C)C(C)(C)C. The molecular formula is C12H20BN3O3Si. The maximum Gasteiger partial charge on any atom is 0.192 e. The Hall–Kier alpha value is -0.528. The number of rotatable bonds is 3. The zero-order chi connectivity index (χ0) is 15.0. The van der Waals surface area contributed by atoms with Crippen LogP contribution in [-0.2, 0) is 13.9 Å². The molecule has 1 aliphatic carbocycles. The number of ether oxygens (including phenoxy) is 2. The van der Waals surface area contributed by atoms with Gasteiger partial charge in [-0.05, 0) is 23.7 Å². The molecule has 3 rings (SSSR count). The van der Waals surface area contributed by atoms with Crippen molar-refractivity contribution in [1.29, 1.82) is 0 Å². The summed E-state index contributed by atoms with van der Waals surface area (Å²) < 4.78 is 17.9. The van der Waals surface area contributed by atoms with Crippen LogP contribution in [-0.4, -0.2) is 52.1 Å². The van der Waals surface area contributed by atoms with Gasteiger partial charge < -0.3 is 13.9 Å². The van der Waals surface area contributed by atoms with Crippen LogP contribution in [0.15, 0.2) is 5.11 Å². The molecule has 0 N–H and O–H groups in total. The number of nitrogens with zero attached hydrogens (tertiary/aromatic N) is 3. The van der Waals surface area contributed by atoms with E-state index in [-0.39, 0.29) is 11.1 Å². The molecule has 1 saturated carbocycles. The fourth-order valence-corrected chi connectivity index (χ4v) is 4.48. The van der Waals surface area contributed by atoms with Crippen molar-refractivity contribution in [1.82, 2.24) is 0 Å². The van der Waals surface area contributed by atoms with Crippen LogP contribution in [0.3, 0.4) is 0 Å². The Bertz CT molecular complexity index is 505. The molecule has 0 spiro atoms. The third-order valence-electron chi connectivity index (χ3n) is 5.40. The average molecular weight is 293 g/mol. The monoisotopic (exact) mass is 293 g/mol. The van der Waals surface area contributed by atoms with Gasteiger partial charge in [-0.25, -0.2) is 0 Å². The van der Waals surface area contributed by atoms with Crippen LogP contribution in [0.4, 0.5) is 0 Å². The molecular weight excluding hydrogens is 273 g/mol. The van der Waals surface area contributed by atoms with E-state index in [9.17, 15) is 0 Å². The van der Waals surface area contributed by atoms with Gasteiger partial charge in [0.15, 0.2) is 8.32 Å². The quantitative estimate of drug-likeness (QED) is 0.346. The van der Waals surface area contributed by atoms with E-state index in [1.165, 1.54) is 0 Å². The molecule has 2 unspecified atom stereocenters. The summed E-state index contributed by atoms with van der Waals surface area (Å²) in [4.78, 5) is 2.99. The Morgan fingerprint density at radius 2 is 2.10 bits per heavy atom. The minimum absolute atomic E-state index is 0.0836. The normalized spacial score (nSPS) is 46.0. The van der Waals surface area contributed by atoms with Crippen LogP contribution in [0.5, 0.6) is 0 Å². The summed E-state index contributed by atoms with van der Waals surface area (Å²) in [5.74, 6) is 0. The molecule has 3 fully saturated rings. The Morgan fingerprint density at radius 3 is 2.60 bits per heavy atom. The first-order chi connectivity index (χ1) is 9.12. The highest BCUT2D eigenvalue weighted by atomic mass is 28.4. The zero-order valence-electron chi connectivity index (χ0n) is 12.6. The second-order valence-electron chi connectivity index (χ2n) is 7.48. The Balaban J connectivity index is 1.90. The third-order valence-corrected chi connectivity index (χ3v) is 9.84. The Morgan fingerprint density at radius 1 is 1.45 bits per heavy atom. The van der Waals surface area contributed by atoms with Crippen molar-refractivity contribution < 1.29 is 13.9 Å². The van der Waals surface area contributed by atoms with E-state index in [2.05, 4.69) is 43.9 Å². The van der Waals surface area contributed by atoms with E-state index in [1.54, 1.807) is 0 Å². The molecule has 2 heterocycles. The first-order valence-electron chi connectivity index (χ1n) is 6.91. The van der Waals surface area contributed by atoms with Gasteiger partial charge >= 0.3 is 0 Å². The molecule has 0 amide bonds. The predicted octanol–water partition coefficient (Wildman–Crippen LogP) is 2.10. The van der Waals surface area contributed by atoms with Crippen LogP contribution in [0, 0.1) is 0 Å². The summed E-state index contributed by atoms with van der Waals surface area (Å²) in [6.07, 6.45) is -0.626. The number of azide groups is 1. The Labute approximate surface area is 121 Å². The Kier molecular flexibility index (Phi) is 2.75. The molecule has 108 valence electrons. The van der Waals surface area contributed by atoms with E-state index in [1.807, 2.05) is 0 Å². The fourth-order valence-electron chi connectivity index (χ4n) is 3.17. The van der Waals surface area contributed by atoms with Crippen molar-refractivity contribution in [2.75, 3.05) is 6.61 Å². The van der Waals surface area contributed by atoms with Crippen molar-refractivity contribution in [2.24, 2.45) is 5.11 Å². The highest BCUT2D eigenvalue weighted by molar-refractivity contribution is 6.74. The van der Waals surface area contributed by atoms with Gasteiger partial charge in [0, 0.05) is 10.9 Å². The highest BCUT2D eigenvalue weighted by Crippen LogP contribution is 2.69. The molecule has 2 bridgehead atoms. The van der Waals surface area contributed by atoms with Gasteiger partial charge in [0.1, 0.15) is 19.0 Å². The van der Waals surface area contributed by atoms with E-state index < -0.39 is 31.6 Å². The van der Waals surface area contributed by atoms with Crippen molar-refractivity contribution in [2.45, 2.75) is 68.3 Å². The van der Waals surface area contributed by atoms with Gasteiger partial charge in [-0.15, -0.1) is 0 Å². The second kappa shape index (κ2) is 3.81. The van der Waals surface area contributed by atoms with Gasteiger partial charge in [-0.1, -0.05) is 25.9 Å². The van der Waals surface area contributed by atoms with Crippen molar-refractivity contribution in [3.05, 3.63) is 10.4 Å². The standard InChI is InChI=1S/C12H20BN3O3Si/c1-10(2,3)20(4,5)19-9-11-6-17-7(8(13)18-11)12(9,11)15-16-14/h7-9H,6H2,1-5H3/t7-,8+,9?,11+,12?/m0/s1. The van der Waals surface area contributed by atoms with E-state index >= 15 is 0 Å². The van der Waals surface area contributed by atoms with Crippen LogP contribution >= 0.6 is 0 Å². The van der Waals surface area contributed by atoms with Crippen molar-refractivity contribution in [3.63, 3.8) is 0 Å². The van der Waals surface area contributed by atoms with Gasteiger partial charge in [0.05, 0.1) is 18.8 Å². The summed E-state index contributed by atoms with van der Waals surface area (Å²) >= 11 is 0. The molecule has 8 heteroatoms. The van der Waals surface area contributed by atoms with E-state index in [0.717, 1.165) is 0 Å². The molecule has 2 saturated heterocycles. The van der Waals surface area contributed by atoms with Crippen LogP contribution in [0.2, 0.25) is 18.1 Å². The third kappa shape index (κ3) is 1.44. The van der Waals surface area contributed by atoms with E-state index in [0.29, 0.717) is 6.61 Å². The maximum atomic E-state index is 8.90. The largest absolute Gasteiger partial charge is 0.410 e. The zero-order valence-corrected chi connectivity index (χ0v) is 13.6. The molecule has 3 aliphatic rings. The molecule has 6 nitrogen and oxygen atoms in total. The number of hydrogen-bond donors (Lipinski definition) is 0. The topological polar surface area (TPSA) is 76.5 Å². The first-order valence-corrected chi connectivity index (χ1v) is 9.82. The fraction of sp³-hybridized carbons (Fsp3) is 1.00. The lowest BCUT2D eigenvalue weighted by atomic mass is 9.90.